The minimum atomic E-state index is -0.454. The molecule has 3 aliphatic rings. The van der Waals surface area contributed by atoms with E-state index in [-0.39, 0.29) is 22.4 Å². The van der Waals surface area contributed by atoms with Crippen LogP contribution in [-0.4, -0.2) is 43.3 Å². The lowest BCUT2D eigenvalue weighted by Gasteiger charge is -2.49. The van der Waals surface area contributed by atoms with Crippen LogP contribution in [0.4, 0.5) is 0 Å². The molecular weight excluding hydrogens is 574 g/mol. The van der Waals surface area contributed by atoms with Gasteiger partial charge in [0.05, 0.1) is 6.61 Å². The summed E-state index contributed by atoms with van der Waals surface area (Å²) in [6.45, 7) is 18.9. The van der Waals surface area contributed by atoms with E-state index < -0.39 is 5.92 Å². The van der Waals surface area contributed by atoms with Crippen molar-refractivity contribution in [2.24, 2.45) is 10.8 Å². The average Bonchev–Trinajstić information content (AvgIpc) is 2.97. The third-order valence-electron chi connectivity index (χ3n) is 9.41. The first-order valence-corrected chi connectivity index (χ1v) is 16.8. The first-order chi connectivity index (χ1) is 21.9. The van der Waals surface area contributed by atoms with E-state index in [1.165, 1.54) is 5.56 Å². The molecule has 0 fully saturated rings. The molecule has 0 radical (unpaired) electrons. The number of ketones is 2. The summed E-state index contributed by atoms with van der Waals surface area (Å²) in [5, 5.41) is 0. The van der Waals surface area contributed by atoms with Crippen LogP contribution in [-0.2, 0) is 27.4 Å². The van der Waals surface area contributed by atoms with Crippen molar-refractivity contribution >= 4 is 11.6 Å². The number of carbonyl (C=O) groups is 2. The Morgan fingerprint density at radius 1 is 0.913 bits per heavy atom. The fourth-order valence-electron chi connectivity index (χ4n) is 7.44. The standard InChI is InChI=1S/C40H51NO5/c1-9-12-28-19-29(20-34(45-10-2)38(28)46-25-27-15-13-26(3)14-16-27)35-36-30(21-39(4,5)23-32(36)42)41(17-11-18-44-8)31-22-40(6,7)24-33(43)37(31)35/h9,13-16,19-20,35H,1,10-12,17-18,21-25H2,2-8H3. The molecule has 5 rings (SSSR count). The van der Waals surface area contributed by atoms with Gasteiger partial charge in [0.2, 0.25) is 0 Å². The van der Waals surface area contributed by atoms with E-state index in [0.717, 1.165) is 58.5 Å². The van der Waals surface area contributed by atoms with Gasteiger partial charge >= 0.3 is 0 Å². The van der Waals surface area contributed by atoms with Gasteiger partial charge in [-0.1, -0.05) is 69.7 Å². The van der Waals surface area contributed by atoms with Crippen LogP contribution in [0.3, 0.4) is 0 Å². The highest BCUT2D eigenvalue weighted by atomic mass is 16.5. The van der Waals surface area contributed by atoms with E-state index in [2.05, 4.69) is 76.4 Å². The monoisotopic (exact) mass is 625 g/mol. The minimum Gasteiger partial charge on any atom is -0.490 e. The van der Waals surface area contributed by atoms with Crippen molar-refractivity contribution in [3.8, 4) is 11.5 Å². The Bertz CT molecular complexity index is 1500. The Balaban J connectivity index is 1.70. The molecule has 0 spiro atoms. The molecule has 0 bridgehead atoms. The van der Waals surface area contributed by atoms with Crippen molar-refractivity contribution in [1.29, 1.82) is 0 Å². The van der Waals surface area contributed by atoms with Gasteiger partial charge < -0.3 is 19.1 Å². The van der Waals surface area contributed by atoms with Crippen LogP contribution >= 0.6 is 0 Å². The number of allylic oxidation sites excluding steroid dienone is 5. The number of hydrogen-bond acceptors (Lipinski definition) is 6. The van der Waals surface area contributed by atoms with Gasteiger partial charge in [-0.05, 0) is 67.6 Å². The van der Waals surface area contributed by atoms with Crippen LogP contribution in [0.1, 0.15) is 94.9 Å². The van der Waals surface area contributed by atoms with Crippen molar-refractivity contribution in [1.82, 2.24) is 4.90 Å². The summed E-state index contributed by atoms with van der Waals surface area (Å²) in [5.41, 5.74) is 7.41. The number of rotatable bonds is 12. The molecule has 1 heterocycles. The van der Waals surface area contributed by atoms with Crippen molar-refractivity contribution in [3.63, 3.8) is 0 Å². The number of hydrogen-bond donors (Lipinski definition) is 0. The highest BCUT2D eigenvalue weighted by molar-refractivity contribution is 6.06. The summed E-state index contributed by atoms with van der Waals surface area (Å²) < 4.78 is 18.2. The Kier molecular flexibility index (Phi) is 9.97. The zero-order valence-corrected chi connectivity index (χ0v) is 28.9. The van der Waals surface area contributed by atoms with E-state index in [1.54, 1.807) is 7.11 Å². The number of carbonyl (C=O) groups excluding carboxylic acids is 2. The number of Topliss-reactive ketones (excluding diaryl/α,β-unsaturated/α-hetero) is 2. The maximum Gasteiger partial charge on any atom is 0.165 e. The van der Waals surface area contributed by atoms with Crippen LogP contribution in [0, 0.1) is 17.8 Å². The molecule has 0 aromatic heterocycles. The van der Waals surface area contributed by atoms with Gasteiger partial charge in [-0.25, -0.2) is 0 Å². The first kappa shape index (κ1) is 33.7. The second-order valence-electron chi connectivity index (χ2n) is 14.7. The lowest BCUT2D eigenvalue weighted by atomic mass is 9.63. The first-order valence-electron chi connectivity index (χ1n) is 16.8. The van der Waals surface area contributed by atoms with Gasteiger partial charge in [-0.15, -0.1) is 6.58 Å². The average molecular weight is 626 g/mol. The maximum absolute atomic E-state index is 14.3. The normalized spacial score (nSPS) is 19.2. The molecule has 1 aliphatic heterocycles. The summed E-state index contributed by atoms with van der Waals surface area (Å²) in [7, 11) is 1.72. The van der Waals surface area contributed by atoms with Crippen LogP contribution in [0.2, 0.25) is 0 Å². The van der Waals surface area contributed by atoms with Gasteiger partial charge in [-0.3, -0.25) is 9.59 Å². The molecule has 2 aromatic rings. The van der Waals surface area contributed by atoms with Gasteiger partial charge in [-0.2, -0.15) is 0 Å². The molecule has 0 N–H and O–H groups in total. The van der Waals surface area contributed by atoms with Gasteiger partial charge in [0.1, 0.15) is 6.61 Å². The molecule has 0 unspecified atom stereocenters. The summed E-state index contributed by atoms with van der Waals surface area (Å²) in [6.07, 6.45) is 5.69. The minimum absolute atomic E-state index is 0.125. The summed E-state index contributed by atoms with van der Waals surface area (Å²) in [5.74, 6) is 1.10. The van der Waals surface area contributed by atoms with Crippen LogP contribution in [0.15, 0.2) is 71.6 Å². The molecule has 6 heteroatoms. The molecule has 6 nitrogen and oxygen atoms in total. The zero-order chi connectivity index (χ0) is 33.2. The third-order valence-corrected chi connectivity index (χ3v) is 9.41. The van der Waals surface area contributed by atoms with Crippen molar-refractivity contribution in [3.05, 3.63) is 93.8 Å². The fourth-order valence-corrected chi connectivity index (χ4v) is 7.44. The van der Waals surface area contributed by atoms with Gasteiger partial charge in [0.15, 0.2) is 23.1 Å². The van der Waals surface area contributed by atoms with Crippen molar-refractivity contribution in [2.75, 3.05) is 26.9 Å². The molecule has 2 aliphatic carbocycles. The second-order valence-corrected chi connectivity index (χ2v) is 14.7. The zero-order valence-electron chi connectivity index (χ0n) is 28.9. The molecular formula is C40H51NO5. The van der Waals surface area contributed by atoms with Crippen LogP contribution in [0.25, 0.3) is 0 Å². The third kappa shape index (κ3) is 7.02. The number of methoxy groups -OCH3 is 1. The smallest absolute Gasteiger partial charge is 0.165 e. The van der Waals surface area contributed by atoms with Crippen LogP contribution < -0.4 is 9.47 Å². The van der Waals surface area contributed by atoms with Gasteiger partial charge in [0.25, 0.3) is 0 Å². The molecule has 46 heavy (non-hydrogen) atoms. The van der Waals surface area contributed by atoms with E-state index in [9.17, 15) is 9.59 Å². The van der Waals surface area contributed by atoms with E-state index in [4.69, 9.17) is 14.2 Å². The topological polar surface area (TPSA) is 65.1 Å². The lowest BCUT2D eigenvalue weighted by molar-refractivity contribution is -0.119. The SMILES string of the molecule is C=CCc1cc(C2C3=C(CC(C)(C)CC3=O)N(CCCOC)C3=C2C(=O)CC(C)(C)C3)cc(OCC)c1OCc1ccc(C)cc1. The van der Waals surface area contributed by atoms with E-state index >= 15 is 0 Å². The van der Waals surface area contributed by atoms with Crippen molar-refractivity contribution < 1.29 is 23.8 Å². The maximum atomic E-state index is 14.3. The summed E-state index contributed by atoms with van der Waals surface area (Å²) in [4.78, 5) is 30.9. The molecule has 0 saturated heterocycles. The number of aryl methyl sites for hydroxylation is 1. The number of ether oxygens (including phenoxy) is 3. The Labute approximate surface area is 275 Å². The Hall–Kier alpha value is -3.64. The fraction of sp³-hybridized carbons (Fsp3) is 0.500. The predicted molar refractivity (Wildman–Crippen MR) is 183 cm³/mol. The van der Waals surface area contributed by atoms with Crippen molar-refractivity contribution in [2.45, 2.75) is 92.6 Å². The molecule has 246 valence electrons. The summed E-state index contributed by atoms with van der Waals surface area (Å²) >= 11 is 0. The van der Waals surface area contributed by atoms with E-state index in [0.29, 0.717) is 57.1 Å². The highest BCUT2D eigenvalue weighted by Gasteiger charge is 2.49. The Morgan fingerprint density at radius 2 is 1.52 bits per heavy atom. The highest BCUT2D eigenvalue weighted by Crippen LogP contribution is 2.55. The quantitative estimate of drug-likeness (QED) is 0.174. The van der Waals surface area contributed by atoms with E-state index in [1.807, 2.05) is 19.1 Å². The summed E-state index contributed by atoms with van der Waals surface area (Å²) in [6, 6.07) is 12.5. The number of nitrogens with zero attached hydrogens (tertiary/aromatic N) is 1. The molecule has 0 saturated carbocycles. The lowest BCUT2D eigenvalue weighted by Crippen LogP contribution is -2.44. The Morgan fingerprint density at radius 3 is 2.07 bits per heavy atom. The number of benzene rings is 2. The largest absolute Gasteiger partial charge is 0.490 e. The molecule has 0 amide bonds. The molecule has 2 aromatic carbocycles. The van der Waals surface area contributed by atoms with Crippen LogP contribution in [0.5, 0.6) is 11.5 Å². The molecule has 0 atom stereocenters. The second kappa shape index (κ2) is 13.6. The predicted octanol–water partition coefficient (Wildman–Crippen LogP) is 8.42. The van der Waals surface area contributed by atoms with Gasteiger partial charge in [0, 0.05) is 67.1 Å².